The fraction of sp³-hybridized carbons (Fsp3) is 0.250. The van der Waals surface area contributed by atoms with E-state index in [0.717, 1.165) is 0 Å². The molecule has 0 radical (unpaired) electrons. The number of benzene rings is 1. The average molecular weight is 180 g/mol. The van der Waals surface area contributed by atoms with Gasteiger partial charge < -0.3 is 9.62 Å². The van der Waals surface area contributed by atoms with Gasteiger partial charge in [0, 0.05) is 11.4 Å². The highest BCUT2D eigenvalue weighted by Gasteiger charge is 2.33. The van der Waals surface area contributed by atoms with Crippen molar-refractivity contribution in [3.05, 3.63) is 24.3 Å². The van der Waals surface area contributed by atoms with Crippen LogP contribution in [0.25, 0.3) is 0 Å². The Labute approximate surface area is 77.8 Å². The molecular formula is C8H10BClN2. The zero-order valence-electron chi connectivity index (χ0n) is 7.16. The van der Waals surface area contributed by atoms with Crippen molar-refractivity contribution < 1.29 is 0 Å². The van der Waals surface area contributed by atoms with Crippen LogP contribution in [0.3, 0.4) is 0 Å². The van der Waals surface area contributed by atoms with Gasteiger partial charge in [0.05, 0.1) is 0 Å². The van der Waals surface area contributed by atoms with Gasteiger partial charge >= 0.3 is 6.40 Å². The molecule has 0 amide bonds. The summed E-state index contributed by atoms with van der Waals surface area (Å²) in [5.74, 6) is 0. The molecule has 0 atom stereocenters. The molecule has 0 bridgehead atoms. The minimum absolute atomic E-state index is 0.0533. The standard InChI is InChI=1S/C8H10BClN2/c1-11-7-5-3-4-6-8(7)12(2)9(11)10/h3-6H,1-2H3. The second-order valence-electron chi connectivity index (χ2n) is 3.02. The third kappa shape index (κ3) is 0.895. The number of hydrogen-bond donors (Lipinski definition) is 0. The highest BCUT2D eigenvalue weighted by Crippen LogP contribution is 2.36. The maximum atomic E-state index is 6.13. The zero-order valence-corrected chi connectivity index (χ0v) is 7.92. The zero-order chi connectivity index (χ0) is 8.72. The summed E-state index contributed by atoms with van der Waals surface area (Å²) < 4.78 is 0. The molecule has 0 aromatic heterocycles. The molecule has 0 unspecified atom stereocenters. The molecule has 2 rings (SSSR count). The van der Waals surface area contributed by atoms with Crippen molar-refractivity contribution in [2.45, 2.75) is 0 Å². The van der Waals surface area contributed by atoms with E-state index in [1.165, 1.54) is 11.4 Å². The monoisotopic (exact) mass is 180 g/mol. The summed E-state index contributed by atoms with van der Waals surface area (Å²) in [5, 5.41) is 0. The van der Waals surface area contributed by atoms with Crippen molar-refractivity contribution >= 4 is 29.2 Å². The van der Waals surface area contributed by atoms with E-state index >= 15 is 0 Å². The van der Waals surface area contributed by atoms with Crippen LogP contribution in [0.4, 0.5) is 11.4 Å². The Morgan fingerprint density at radius 1 is 1.08 bits per heavy atom. The van der Waals surface area contributed by atoms with Crippen molar-refractivity contribution in [3.8, 4) is 0 Å². The minimum atomic E-state index is -0.0533. The van der Waals surface area contributed by atoms with Crippen LogP contribution < -0.4 is 9.62 Å². The Morgan fingerprint density at radius 2 is 1.50 bits per heavy atom. The largest absolute Gasteiger partial charge is 0.485 e. The Kier molecular flexibility index (Phi) is 1.69. The molecule has 1 heterocycles. The molecule has 2 nitrogen and oxygen atoms in total. The second kappa shape index (κ2) is 2.59. The summed E-state index contributed by atoms with van der Waals surface area (Å²) in [6.07, 6.45) is -0.0533. The molecule has 0 saturated carbocycles. The number of nitrogens with zero attached hydrogens (tertiary/aromatic N) is 2. The Hall–Kier alpha value is -0.825. The lowest BCUT2D eigenvalue weighted by molar-refractivity contribution is 1.33. The van der Waals surface area contributed by atoms with Crippen LogP contribution in [-0.2, 0) is 0 Å². The first-order valence-corrected chi connectivity index (χ1v) is 4.34. The molecule has 12 heavy (non-hydrogen) atoms. The van der Waals surface area contributed by atoms with Gasteiger partial charge in [0.15, 0.2) is 0 Å². The van der Waals surface area contributed by atoms with Crippen LogP contribution in [0.5, 0.6) is 0 Å². The Bertz CT molecular complexity index is 276. The summed E-state index contributed by atoms with van der Waals surface area (Å²) in [4.78, 5) is 4.10. The van der Waals surface area contributed by atoms with Crippen LogP contribution >= 0.6 is 11.5 Å². The topological polar surface area (TPSA) is 6.48 Å². The molecule has 1 aliphatic rings. The summed E-state index contributed by atoms with van der Waals surface area (Å²) in [6.45, 7) is 0. The van der Waals surface area contributed by atoms with Gasteiger partial charge in [-0.2, -0.15) is 0 Å². The number of para-hydroxylation sites is 2. The van der Waals surface area contributed by atoms with Crippen LogP contribution in [-0.4, -0.2) is 20.5 Å². The number of hydrogen-bond acceptors (Lipinski definition) is 2. The Balaban J connectivity index is 2.52. The van der Waals surface area contributed by atoms with Crippen LogP contribution in [0.1, 0.15) is 0 Å². The van der Waals surface area contributed by atoms with Crippen LogP contribution in [0, 0.1) is 0 Å². The van der Waals surface area contributed by atoms with Crippen molar-refractivity contribution in [1.29, 1.82) is 0 Å². The maximum absolute atomic E-state index is 6.13. The first kappa shape index (κ1) is 7.81. The highest BCUT2D eigenvalue weighted by atomic mass is 35.5. The molecule has 62 valence electrons. The van der Waals surface area contributed by atoms with Gasteiger partial charge in [0.2, 0.25) is 0 Å². The summed E-state index contributed by atoms with van der Waals surface area (Å²) >= 11 is 6.13. The molecule has 1 aromatic rings. The first-order chi connectivity index (χ1) is 5.72. The SMILES string of the molecule is CN1B(Cl)N(C)c2ccccc21. The van der Waals surface area contributed by atoms with E-state index in [0.29, 0.717) is 0 Å². The normalized spacial score (nSPS) is 15.4. The van der Waals surface area contributed by atoms with Crippen molar-refractivity contribution in [1.82, 2.24) is 0 Å². The van der Waals surface area contributed by atoms with Crippen molar-refractivity contribution in [2.75, 3.05) is 23.7 Å². The van der Waals surface area contributed by atoms with Crippen molar-refractivity contribution in [3.63, 3.8) is 0 Å². The van der Waals surface area contributed by atoms with Gasteiger partial charge in [-0.1, -0.05) is 12.1 Å². The number of halogens is 1. The summed E-state index contributed by atoms with van der Waals surface area (Å²) in [6, 6.07) is 8.21. The van der Waals surface area contributed by atoms with Gasteiger partial charge in [-0.15, -0.1) is 11.5 Å². The van der Waals surface area contributed by atoms with E-state index in [4.69, 9.17) is 11.5 Å². The van der Waals surface area contributed by atoms with Gasteiger partial charge in [0.25, 0.3) is 0 Å². The maximum Gasteiger partial charge on any atom is 0.485 e. The third-order valence-corrected chi connectivity index (χ3v) is 2.87. The average Bonchev–Trinajstić information content (AvgIpc) is 2.33. The van der Waals surface area contributed by atoms with Crippen LogP contribution in [0.15, 0.2) is 24.3 Å². The predicted octanol–water partition coefficient (Wildman–Crippen LogP) is 1.80. The highest BCUT2D eigenvalue weighted by molar-refractivity contribution is 7.11. The minimum Gasteiger partial charge on any atom is -0.383 e. The first-order valence-electron chi connectivity index (χ1n) is 3.90. The van der Waals surface area contributed by atoms with E-state index in [2.05, 4.69) is 21.8 Å². The summed E-state index contributed by atoms with van der Waals surface area (Å²) in [5.41, 5.74) is 2.39. The molecule has 1 aromatic carbocycles. The second-order valence-corrected chi connectivity index (χ2v) is 3.41. The van der Waals surface area contributed by atoms with E-state index < -0.39 is 0 Å². The van der Waals surface area contributed by atoms with Crippen LogP contribution in [0.2, 0.25) is 0 Å². The van der Waals surface area contributed by atoms with E-state index in [1.807, 2.05) is 26.2 Å². The lowest BCUT2D eigenvalue weighted by atomic mass is 10.1. The van der Waals surface area contributed by atoms with E-state index in [-0.39, 0.29) is 6.40 Å². The molecule has 0 saturated heterocycles. The fourth-order valence-corrected chi connectivity index (χ4v) is 1.76. The van der Waals surface area contributed by atoms with Crippen molar-refractivity contribution in [2.24, 2.45) is 0 Å². The number of anilines is 2. The smallest absolute Gasteiger partial charge is 0.383 e. The molecular weight excluding hydrogens is 170 g/mol. The number of rotatable bonds is 0. The Morgan fingerprint density at radius 3 is 1.92 bits per heavy atom. The van der Waals surface area contributed by atoms with Gasteiger partial charge in [-0.3, -0.25) is 0 Å². The van der Waals surface area contributed by atoms with Gasteiger partial charge in [-0.25, -0.2) is 0 Å². The lowest BCUT2D eigenvalue weighted by Gasteiger charge is -2.15. The predicted molar refractivity (Wildman–Crippen MR) is 54.9 cm³/mol. The summed E-state index contributed by atoms with van der Waals surface area (Å²) in [7, 11) is 4.00. The molecule has 0 spiro atoms. The van der Waals surface area contributed by atoms with Gasteiger partial charge in [-0.05, 0) is 26.2 Å². The fourth-order valence-electron chi connectivity index (χ4n) is 1.55. The third-order valence-electron chi connectivity index (χ3n) is 2.28. The van der Waals surface area contributed by atoms with E-state index in [9.17, 15) is 0 Å². The molecule has 1 aliphatic heterocycles. The number of fused-ring (bicyclic) bond motifs is 1. The molecule has 0 N–H and O–H groups in total. The molecule has 4 heteroatoms. The molecule has 0 aliphatic carbocycles. The van der Waals surface area contributed by atoms with Gasteiger partial charge in [0.1, 0.15) is 0 Å². The lowest BCUT2D eigenvalue weighted by Crippen LogP contribution is -2.39. The molecule has 0 fully saturated rings. The van der Waals surface area contributed by atoms with E-state index in [1.54, 1.807) is 0 Å². The quantitative estimate of drug-likeness (QED) is 0.562.